The van der Waals surface area contributed by atoms with E-state index in [-0.39, 0.29) is 17.4 Å². The van der Waals surface area contributed by atoms with E-state index in [1.807, 2.05) is 24.3 Å². The SMILES string of the molecule is CC(C)(C)[C@H]1OCC[C@@H]1c1noc(-c2ccc(CNC(N)=O)cc2)n1. The van der Waals surface area contributed by atoms with Gasteiger partial charge in [0.05, 0.1) is 12.0 Å². The zero-order valence-electron chi connectivity index (χ0n) is 14.8. The molecule has 0 unspecified atom stereocenters. The molecule has 2 aromatic rings. The Labute approximate surface area is 146 Å². The summed E-state index contributed by atoms with van der Waals surface area (Å²) >= 11 is 0. The van der Waals surface area contributed by atoms with Crippen molar-refractivity contribution in [1.29, 1.82) is 0 Å². The van der Waals surface area contributed by atoms with Gasteiger partial charge < -0.3 is 20.3 Å². The average molecular weight is 344 g/mol. The quantitative estimate of drug-likeness (QED) is 0.887. The molecule has 0 spiro atoms. The third-order valence-electron chi connectivity index (χ3n) is 4.39. The van der Waals surface area contributed by atoms with Crippen LogP contribution in [0.2, 0.25) is 0 Å². The number of ether oxygens (including phenoxy) is 1. The van der Waals surface area contributed by atoms with E-state index in [0.717, 1.165) is 24.2 Å². The molecule has 2 atom stereocenters. The van der Waals surface area contributed by atoms with E-state index in [1.165, 1.54) is 0 Å². The summed E-state index contributed by atoms with van der Waals surface area (Å²) in [6.45, 7) is 7.59. The lowest BCUT2D eigenvalue weighted by molar-refractivity contribution is 0.0193. The summed E-state index contributed by atoms with van der Waals surface area (Å²) in [4.78, 5) is 15.3. The van der Waals surface area contributed by atoms with Gasteiger partial charge in [-0.05, 0) is 29.5 Å². The first-order valence-corrected chi connectivity index (χ1v) is 8.42. The Morgan fingerprint density at radius 3 is 2.68 bits per heavy atom. The maximum atomic E-state index is 10.8. The second-order valence-electron chi connectivity index (χ2n) is 7.43. The van der Waals surface area contributed by atoms with Gasteiger partial charge in [0, 0.05) is 18.7 Å². The van der Waals surface area contributed by atoms with E-state index in [1.54, 1.807) is 0 Å². The minimum Gasteiger partial charge on any atom is -0.377 e. The molecule has 1 saturated heterocycles. The minimum atomic E-state index is -0.544. The number of nitrogens with zero attached hydrogens (tertiary/aromatic N) is 2. The molecule has 7 nitrogen and oxygen atoms in total. The number of hydrogen-bond acceptors (Lipinski definition) is 5. The van der Waals surface area contributed by atoms with E-state index >= 15 is 0 Å². The minimum absolute atomic E-state index is 0.0248. The molecule has 1 aliphatic rings. The first-order valence-electron chi connectivity index (χ1n) is 8.42. The molecule has 1 aliphatic heterocycles. The van der Waals surface area contributed by atoms with Crippen LogP contribution in [-0.2, 0) is 11.3 Å². The molecule has 2 heterocycles. The molecule has 3 N–H and O–H groups in total. The lowest BCUT2D eigenvalue weighted by Crippen LogP contribution is -2.30. The highest BCUT2D eigenvalue weighted by Crippen LogP contribution is 2.40. The Balaban J connectivity index is 1.74. The molecule has 1 aromatic carbocycles. The summed E-state index contributed by atoms with van der Waals surface area (Å²) in [6.07, 6.45) is 0.985. The molecule has 25 heavy (non-hydrogen) atoms. The van der Waals surface area contributed by atoms with Crippen LogP contribution in [0.25, 0.3) is 11.5 Å². The number of carbonyl (C=O) groups is 1. The zero-order chi connectivity index (χ0) is 18.0. The maximum absolute atomic E-state index is 10.8. The van der Waals surface area contributed by atoms with Gasteiger partial charge in [-0.2, -0.15) is 4.98 Å². The molecule has 2 amide bonds. The molecule has 134 valence electrons. The van der Waals surface area contributed by atoms with Crippen LogP contribution in [0, 0.1) is 5.41 Å². The van der Waals surface area contributed by atoms with Crippen LogP contribution in [0.3, 0.4) is 0 Å². The summed E-state index contributed by atoms with van der Waals surface area (Å²) in [7, 11) is 0. The van der Waals surface area contributed by atoms with Crippen molar-refractivity contribution in [2.75, 3.05) is 6.61 Å². The number of carbonyl (C=O) groups excluding carboxylic acids is 1. The first-order chi connectivity index (χ1) is 11.8. The number of nitrogens with one attached hydrogen (secondary N) is 1. The van der Waals surface area contributed by atoms with Crippen molar-refractivity contribution in [3.05, 3.63) is 35.7 Å². The van der Waals surface area contributed by atoms with Crippen LogP contribution >= 0.6 is 0 Å². The van der Waals surface area contributed by atoms with E-state index in [2.05, 4.69) is 36.2 Å². The van der Waals surface area contributed by atoms with Gasteiger partial charge in [-0.15, -0.1) is 0 Å². The predicted molar refractivity (Wildman–Crippen MR) is 92.7 cm³/mol. The van der Waals surface area contributed by atoms with Gasteiger partial charge in [-0.1, -0.05) is 38.1 Å². The van der Waals surface area contributed by atoms with Crippen LogP contribution in [0.15, 0.2) is 28.8 Å². The van der Waals surface area contributed by atoms with Crippen LogP contribution in [-0.4, -0.2) is 28.9 Å². The smallest absolute Gasteiger partial charge is 0.312 e. The molecule has 7 heteroatoms. The van der Waals surface area contributed by atoms with E-state index in [9.17, 15) is 4.79 Å². The monoisotopic (exact) mass is 344 g/mol. The van der Waals surface area contributed by atoms with Crippen LogP contribution in [0.1, 0.15) is 44.5 Å². The Hall–Kier alpha value is -2.41. The molecule has 0 bridgehead atoms. The molecule has 0 radical (unpaired) electrons. The van der Waals surface area contributed by atoms with Crippen molar-refractivity contribution in [2.24, 2.45) is 11.1 Å². The number of primary amides is 1. The van der Waals surface area contributed by atoms with Crippen LogP contribution < -0.4 is 11.1 Å². The predicted octanol–water partition coefficient (Wildman–Crippen LogP) is 2.82. The van der Waals surface area contributed by atoms with Crippen LogP contribution in [0.4, 0.5) is 4.79 Å². The standard InChI is InChI=1S/C18H24N4O3/c1-18(2,3)14-13(8-9-24-14)15-21-16(25-22-15)12-6-4-11(5-7-12)10-20-17(19)23/h4-7,13-14H,8-10H2,1-3H3,(H3,19,20,23)/t13-,14-/m0/s1. The number of rotatable bonds is 4. The summed E-state index contributed by atoms with van der Waals surface area (Å²) in [5, 5.41) is 6.74. The molecular formula is C18H24N4O3. The summed E-state index contributed by atoms with van der Waals surface area (Å²) in [5.74, 6) is 1.34. The van der Waals surface area contributed by atoms with Gasteiger partial charge in [0.25, 0.3) is 5.89 Å². The molecule has 1 aromatic heterocycles. The normalized spacial score (nSPS) is 20.6. The van der Waals surface area contributed by atoms with Crippen molar-refractivity contribution in [3.8, 4) is 11.5 Å². The molecule has 3 rings (SSSR count). The number of hydrogen-bond donors (Lipinski definition) is 2. The Morgan fingerprint density at radius 2 is 2.04 bits per heavy atom. The van der Waals surface area contributed by atoms with Gasteiger partial charge in [-0.25, -0.2) is 4.79 Å². The maximum Gasteiger partial charge on any atom is 0.312 e. The fraction of sp³-hybridized carbons (Fsp3) is 0.500. The third kappa shape index (κ3) is 3.99. The second-order valence-corrected chi connectivity index (χ2v) is 7.43. The van der Waals surface area contributed by atoms with Crippen molar-refractivity contribution in [1.82, 2.24) is 15.5 Å². The summed E-state index contributed by atoms with van der Waals surface area (Å²) < 4.78 is 11.4. The molecular weight excluding hydrogens is 320 g/mol. The second kappa shape index (κ2) is 6.84. The van der Waals surface area contributed by atoms with Gasteiger partial charge in [0.15, 0.2) is 5.82 Å². The lowest BCUT2D eigenvalue weighted by Gasteiger charge is -2.29. The van der Waals surface area contributed by atoms with Crippen molar-refractivity contribution in [3.63, 3.8) is 0 Å². The highest BCUT2D eigenvalue weighted by Gasteiger charge is 2.40. The fourth-order valence-corrected chi connectivity index (χ4v) is 3.16. The van der Waals surface area contributed by atoms with Gasteiger partial charge in [0.2, 0.25) is 0 Å². The number of urea groups is 1. The van der Waals surface area contributed by atoms with Crippen molar-refractivity contribution in [2.45, 2.75) is 45.8 Å². The average Bonchev–Trinajstić information content (AvgIpc) is 3.21. The summed E-state index contributed by atoms with van der Waals surface area (Å²) in [6, 6.07) is 7.03. The van der Waals surface area contributed by atoms with Gasteiger partial charge >= 0.3 is 6.03 Å². The topological polar surface area (TPSA) is 103 Å². The highest BCUT2D eigenvalue weighted by atomic mass is 16.5. The molecule has 0 saturated carbocycles. The number of nitrogens with two attached hydrogens (primary N) is 1. The van der Waals surface area contributed by atoms with Crippen molar-refractivity contribution < 1.29 is 14.1 Å². The summed E-state index contributed by atoms with van der Waals surface area (Å²) in [5.41, 5.74) is 6.88. The Morgan fingerprint density at radius 1 is 1.32 bits per heavy atom. The van der Waals surface area contributed by atoms with Gasteiger partial charge in [0.1, 0.15) is 0 Å². The number of aromatic nitrogens is 2. The molecule has 0 aliphatic carbocycles. The largest absolute Gasteiger partial charge is 0.377 e. The van der Waals surface area contributed by atoms with Gasteiger partial charge in [-0.3, -0.25) is 0 Å². The Bertz CT molecular complexity index is 734. The van der Waals surface area contributed by atoms with Crippen molar-refractivity contribution >= 4 is 6.03 Å². The first kappa shape index (κ1) is 17.4. The number of benzene rings is 1. The molecule has 1 fully saturated rings. The third-order valence-corrected chi connectivity index (χ3v) is 4.39. The number of amides is 2. The highest BCUT2D eigenvalue weighted by molar-refractivity contribution is 5.71. The van der Waals surface area contributed by atoms with E-state index < -0.39 is 6.03 Å². The Kier molecular flexibility index (Phi) is 4.76. The van der Waals surface area contributed by atoms with Crippen LogP contribution in [0.5, 0.6) is 0 Å². The fourth-order valence-electron chi connectivity index (χ4n) is 3.16. The lowest BCUT2D eigenvalue weighted by atomic mass is 9.81. The van der Waals surface area contributed by atoms with E-state index in [0.29, 0.717) is 18.3 Å². The zero-order valence-corrected chi connectivity index (χ0v) is 14.8. The van der Waals surface area contributed by atoms with E-state index in [4.69, 9.17) is 15.0 Å².